The second kappa shape index (κ2) is 11.1. The van der Waals surface area contributed by atoms with Crippen LogP contribution in [0, 0.1) is 24.6 Å². The van der Waals surface area contributed by atoms with E-state index in [0.717, 1.165) is 36.9 Å². The van der Waals surface area contributed by atoms with E-state index in [1.54, 1.807) is 19.2 Å². The summed E-state index contributed by atoms with van der Waals surface area (Å²) < 4.78 is 24.7. The van der Waals surface area contributed by atoms with Gasteiger partial charge in [-0.3, -0.25) is 9.69 Å². The number of benzene rings is 2. The summed E-state index contributed by atoms with van der Waals surface area (Å²) in [6.07, 6.45) is 0. The number of hydrogen-bond donors (Lipinski definition) is 0. The standard InChI is InChI=1S/C29H35FN2O3/c1-20(2)15-32(29(33)23-6-10-25(30)11-7-23)17-24-16-31(18-27-12-5-21(3)35-27)19-28(24)22-8-13-26(34-4)14-9-22/h5-14,20,24,28H,15-19H2,1-4H3. The smallest absolute Gasteiger partial charge is 0.253 e. The highest BCUT2D eigenvalue weighted by Gasteiger charge is 2.36. The topological polar surface area (TPSA) is 45.9 Å². The van der Waals surface area contributed by atoms with E-state index in [2.05, 4.69) is 30.9 Å². The Bertz CT molecular complexity index is 1110. The molecule has 1 aliphatic heterocycles. The number of aryl methyl sites for hydroxylation is 1. The van der Waals surface area contributed by atoms with Crippen LogP contribution in [0.5, 0.6) is 5.75 Å². The lowest BCUT2D eigenvalue weighted by Crippen LogP contribution is -2.39. The van der Waals surface area contributed by atoms with E-state index in [1.165, 1.54) is 17.7 Å². The van der Waals surface area contributed by atoms with Crippen LogP contribution in [0.1, 0.15) is 47.2 Å². The summed E-state index contributed by atoms with van der Waals surface area (Å²) in [7, 11) is 1.67. The van der Waals surface area contributed by atoms with Crippen molar-refractivity contribution in [2.45, 2.75) is 33.2 Å². The fourth-order valence-electron chi connectivity index (χ4n) is 5.03. The van der Waals surface area contributed by atoms with Gasteiger partial charge >= 0.3 is 0 Å². The lowest BCUT2D eigenvalue weighted by atomic mass is 9.88. The van der Waals surface area contributed by atoms with Crippen LogP contribution in [0.15, 0.2) is 65.1 Å². The highest BCUT2D eigenvalue weighted by molar-refractivity contribution is 5.94. The molecule has 2 atom stereocenters. The van der Waals surface area contributed by atoms with Crippen LogP contribution in [0.4, 0.5) is 4.39 Å². The summed E-state index contributed by atoms with van der Waals surface area (Å²) in [5.74, 6) is 3.16. The van der Waals surface area contributed by atoms with E-state index in [0.29, 0.717) is 24.6 Å². The third-order valence-electron chi connectivity index (χ3n) is 6.65. The van der Waals surface area contributed by atoms with Crippen molar-refractivity contribution in [3.05, 3.63) is 89.1 Å². The van der Waals surface area contributed by atoms with Gasteiger partial charge in [-0.25, -0.2) is 4.39 Å². The molecule has 186 valence electrons. The van der Waals surface area contributed by atoms with Crippen LogP contribution in [-0.2, 0) is 6.54 Å². The maximum atomic E-state index is 13.5. The van der Waals surface area contributed by atoms with Crippen molar-refractivity contribution in [1.29, 1.82) is 0 Å². The molecule has 0 aliphatic carbocycles. The molecule has 1 amide bonds. The average Bonchev–Trinajstić information content (AvgIpc) is 3.44. The van der Waals surface area contributed by atoms with Crippen LogP contribution in [0.3, 0.4) is 0 Å². The summed E-state index contributed by atoms with van der Waals surface area (Å²) >= 11 is 0. The van der Waals surface area contributed by atoms with Crippen LogP contribution in [-0.4, -0.2) is 49.0 Å². The predicted molar refractivity (Wildman–Crippen MR) is 135 cm³/mol. The molecule has 3 aromatic rings. The van der Waals surface area contributed by atoms with E-state index in [9.17, 15) is 9.18 Å². The van der Waals surface area contributed by atoms with Crippen molar-refractivity contribution in [3.8, 4) is 5.75 Å². The van der Waals surface area contributed by atoms with Gasteiger partial charge in [-0.05, 0) is 72.9 Å². The van der Waals surface area contributed by atoms with Crippen molar-refractivity contribution >= 4 is 5.91 Å². The molecule has 1 aliphatic rings. The number of likely N-dealkylation sites (tertiary alicyclic amines) is 1. The van der Waals surface area contributed by atoms with Crippen molar-refractivity contribution < 1.29 is 18.3 Å². The van der Waals surface area contributed by atoms with Gasteiger partial charge < -0.3 is 14.1 Å². The molecule has 5 nitrogen and oxygen atoms in total. The number of methoxy groups -OCH3 is 1. The number of furan rings is 1. The Morgan fingerprint density at radius 3 is 2.40 bits per heavy atom. The number of hydrogen-bond acceptors (Lipinski definition) is 4. The number of rotatable bonds is 9. The highest BCUT2D eigenvalue weighted by Crippen LogP contribution is 2.35. The first-order valence-electron chi connectivity index (χ1n) is 12.3. The van der Waals surface area contributed by atoms with E-state index < -0.39 is 0 Å². The minimum Gasteiger partial charge on any atom is -0.497 e. The number of ether oxygens (including phenoxy) is 1. The van der Waals surface area contributed by atoms with Gasteiger partial charge in [0.2, 0.25) is 0 Å². The summed E-state index contributed by atoms with van der Waals surface area (Å²) in [4.78, 5) is 17.8. The summed E-state index contributed by atoms with van der Waals surface area (Å²) in [5, 5.41) is 0. The van der Waals surface area contributed by atoms with Gasteiger partial charge in [-0.2, -0.15) is 0 Å². The van der Waals surface area contributed by atoms with E-state index in [4.69, 9.17) is 9.15 Å². The van der Waals surface area contributed by atoms with Crippen molar-refractivity contribution in [1.82, 2.24) is 9.80 Å². The molecule has 1 saturated heterocycles. The molecule has 2 aromatic carbocycles. The lowest BCUT2D eigenvalue weighted by molar-refractivity contribution is 0.0703. The molecule has 0 bridgehead atoms. The molecular weight excluding hydrogens is 443 g/mol. The molecule has 0 radical (unpaired) electrons. The number of amides is 1. The Hall–Kier alpha value is -3.12. The van der Waals surface area contributed by atoms with Crippen molar-refractivity contribution in [2.75, 3.05) is 33.3 Å². The van der Waals surface area contributed by atoms with Crippen LogP contribution < -0.4 is 4.74 Å². The molecule has 2 heterocycles. The van der Waals surface area contributed by atoms with Crippen molar-refractivity contribution in [2.24, 2.45) is 11.8 Å². The summed E-state index contributed by atoms with van der Waals surface area (Å²) in [6.45, 7) is 9.98. The molecule has 1 aromatic heterocycles. The minimum absolute atomic E-state index is 0.0488. The first kappa shape index (κ1) is 25.0. The molecule has 0 saturated carbocycles. The van der Waals surface area contributed by atoms with Crippen LogP contribution in [0.25, 0.3) is 0 Å². The molecule has 1 fully saturated rings. The third-order valence-corrected chi connectivity index (χ3v) is 6.65. The Morgan fingerprint density at radius 2 is 1.80 bits per heavy atom. The zero-order chi connectivity index (χ0) is 24.9. The molecule has 6 heteroatoms. The molecule has 4 rings (SSSR count). The molecule has 0 N–H and O–H groups in total. The Kier molecular flexibility index (Phi) is 7.91. The highest BCUT2D eigenvalue weighted by atomic mass is 19.1. The third kappa shape index (κ3) is 6.31. The number of halogens is 1. The maximum Gasteiger partial charge on any atom is 0.253 e. The Labute approximate surface area is 207 Å². The maximum absolute atomic E-state index is 13.5. The largest absolute Gasteiger partial charge is 0.497 e. The second-order valence-electron chi connectivity index (χ2n) is 9.96. The molecular formula is C29H35FN2O3. The van der Waals surface area contributed by atoms with Crippen LogP contribution in [0.2, 0.25) is 0 Å². The average molecular weight is 479 g/mol. The van der Waals surface area contributed by atoms with Gasteiger partial charge in [-0.1, -0.05) is 26.0 Å². The van der Waals surface area contributed by atoms with Gasteiger partial charge in [0, 0.05) is 37.7 Å². The van der Waals surface area contributed by atoms with Gasteiger partial charge in [0.05, 0.1) is 13.7 Å². The predicted octanol–water partition coefficient (Wildman–Crippen LogP) is 5.75. The molecule has 35 heavy (non-hydrogen) atoms. The fraction of sp³-hybridized carbons (Fsp3) is 0.414. The first-order chi connectivity index (χ1) is 16.8. The van der Waals surface area contributed by atoms with Gasteiger partial charge in [-0.15, -0.1) is 0 Å². The first-order valence-corrected chi connectivity index (χ1v) is 12.3. The second-order valence-corrected chi connectivity index (χ2v) is 9.96. The van der Waals surface area contributed by atoms with Gasteiger partial charge in [0.1, 0.15) is 23.1 Å². The molecule has 0 spiro atoms. The van der Waals surface area contributed by atoms with E-state index >= 15 is 0 Å². The Balaban J connectivity index is 1.58. The zero-order valence-electron chi connectivity index (χ0n) is 21.0. The van der Waals surface area contributed by atoms with Gasteiger partial charge in [0.15, 0.2) is 0 Å². The number of carbonyl (C=O) groups excluding carboxylic acids is 1. The molecule has 2 unspecified atom stereocenters. The summed E-state index contributed by atoms with van der Waals surface area (Å²) in [5.41, 5.74) is 1.77. The minimum atomic E-state index is -0.337. The van der Waals surface area contributed by atoms with Gasteiger partial charge in [0.25, 0.3) is 5.91 Å². The number of nitrogens with zero attached hydrogens (tertiary/aromatic N) is 2. The van der Waals surface area contributed by atoms with E-state index in [1.807, 2.05) is 36.1 Å². The normalized spacial score (nSPS) is 18.2. The van der Waals surface area contributed by atoms with E-state index in [-0.39, 0.29) is 23.6 Å². The summed E-state index contributed by atoms with van der Waals surface area (Å²) in [6, 6.07) is 18.1. The number of carbonyl (C=O) groups is 1. The Morgan fingerprint density at radius 1 is 1.09 bits per heavy atom. The fourth-order valence-corrected chi connectivity index (χ4v) is 5.03. The zero-order valence-corrected chi connectivity index (χ0v) is 21.0. The van der Waals surface area contributed by atoms with Crippen LogP contribution >= 0.6 is 0 Å². The lowest BCUT2D eigenvalue weighted by Gasteiger charge is -2.30. The quantitative estimate of drug-likeness (QED) is 0.393. The SMILES string of the molecule is COc1ccc(C2CN(Cc3ccc(C)o3)CC2CN(CC(C)C)C(=O)c2ccc(F)cc2)cc1. The monoisotopic (exact) mass is 478 g/mol. The van der Waals surface area contributed by atoms with Crippen molar-refractivity contribution in [3.63, 3.8) is 0 Å².